The van der Waals surface area contributed by atoms with Gasteiger partial charge in [0, 0.05) is 24.7 Å². The Bertz CT molecular complexity index is 1380. The Labute approximate surface area is 368 Å². The summed E-state index contributed by atoms with van der Waals surface area (Å²) in [6.45, 7) is 20.0. The van der Waals surface area contributed by atoms with E-state index in [9.17, 15) is 50.8 Å². The SMILES string of the molecule is C#CCCCCC(=O)OCC1O[C@H](O[C@H]2OC(CO)[C@@H](O)C(O)[C@H]2O)C(O)[C@@H](O)[C@@H]1O.CC1[C@@H](O[C@H]2OC(CO)[C@@H](O[Si](C)(C)C)C(O[Si](C)(C)C)[C@H]2C)OC(CO)[C@@H](C)[C@@H]1C. The zero-order valence-electron chi connectivity index (χ0n) is 37.9. The van der Waals surface area contributed by atoms with Crippen molar-refractivity contribution >= 4 is 22.6 Å². The number of unbranched alkanes of at least 4 members (excludes halogenated alkanes) is 2. The zero-order valence-corrected chi connectivity index (χ0v) is 39.9. The van der Waals surface area contributed by atoms with Crippen LogP contribution in [0, 0.1) is 36.0 Å². The van der Waals surface area contributed by atoms with E-state index in [1.54, 1.807) is 0 Å². The number of esters is 1. The van der Waals surface area contributed by atoms with Gasteiger partial charge in [0.05, 0.1) is 38.1 Å². The van der Waals surface area contributed by atoms with E-state index in [0.717, 1.165) is 0 Å². The quantitative estimate of drug-likeness (QED) is 0.0394. The lowest BCUT2D eigenvalue weighted by Crippen LogP contribution is -2.63. The summed E-state index contributed by atoms with van der Waals surface area (Å²) in [7, 11) is -3.80. The van der Waals surface area contributed by atoms with Crippen LogP contribution in [0.1, 0.15) is 53.4 Å². The summed E-state index contributed by atoms with van der Waals surface area (Å²) in [5.41, 5.74) is 0. The number of aliphatic hydroxyl groups excluding tert-OH is 9. The molecule has 9 N–H and O–H groups in total. The molecule has 20 atom stereocenters. The molecule has 4 rings (SSSR count). The number of hydrogen-bond donors (Lipinski definition) is 9. The smallest absolute Gasteiger partial charge is 0.305 e. The molecule has 21 heteroatoms. The number of terminal acetylenes is 1. The van der Waals surface area contributed by atoms with Crippen molar-refractivity contribution in [3.8, 4) is 12.3 Å². The second-order valence-electron chi connectivity index (χ2n) is 18.9. The van der Waals surface area contributed by atoms with Crippen LogP contribution >= 0.6 is 0 Å². The average molecular weight is 929 g/mol. The first-order valence-electron chi connectivity index (χ1n) is 21.7. The number of carbonyl (C=O) groups excluding carboxylic acids is 1. The fourth-order valence-corrected chi connectivity index (χ4v) is 9.95. The fraction of sp³-hybridized carbons (Fsp3) is 0.927. The molecule has 0 aromatic carbocycles. The van der Waals surface area contributed by atoms with Crippen LogP contribution < -0.4 is 0 Å². The van der Waals surface area contributed by atoms with Crippen molar-refractivity contribution in [1.82, 2.24) is 0 Å². The van der Waals surface area contributed by atoms with Crippen molar-refractivity contribution in [2.24, 2.45) is 23.7 Å². The van der Waals surface area contributed by atoms with Crippen molar-refractivity contribution in [3.63, 3.8) is 0 Å². The van der Waals surface area contributed by atoms with Crippen LogP contribution in [-0.2, 0) is 46.8 Å². The Balaban J connectivity index is 0.000000330. The molecule has 19 nitrogen and oxygen atoms in total. The third kappa shape index (κ3) is 15.2. The molecule has 62 heavy (non-hydrogen) atoms. The highest BCUT2D eigenvalue weighted by Crippen LogP contribution is 2.40. The van der Waals surface area contributed by atoms with Crippen LogP contribution in [0.3, 0.4) is 0 Å². The molecule has 0 spiro atoms. The highest BCUT2D eigenvalue weighted by atomic mass is 28.4. The molecule has 0 saturated carbocycles. The highest BCUT2D eigenvalue weighted by molar-refractivity contribution is 6.70. The monoisotopic (exact) mass is 928 g/mol. The topological polar surface area (TPSA) is 282 Å². The Morgan fingerprint density at radius 1 is 0.548 bits per heavy atom. The molecule has 0 aliphatic carbocycles. The van der Waals surface area contributed by atoms with Crippen LogP contribution in [0.5, 0.6) is 0 Å². The van der Waals surface area contributed by atoms with Gasteiger partial charge in [-0.1, -0.05) is 27.7 Å². The minimum absolute atomic E-state index is 0.0358. The fourth-order valence-electron chi connectivity index (χ4n) is 7.68. The molecular formula is C41H76O19Si2. The van der Waals surface area contributed by atoms with Gasteiger partial charge in [0.2, 0.25) is 0 Å². The predicted octanol–water partition coefficient (Wildman–Crippen LogP) is -0.231. The van der Waals surface area contributed by atoms with Crippen molar-refractivity contribution < 1.29 is 92.8 Å². The molecule has 0 amide bonds. The van der Waals surface area contributed by atoms with Crippen molar-refractivity contribution in [2.45, 2.75) is 191 Å². The Kier molecular flexibility index (Phi) is 21.8. The summed E-state index contributed by atoms with van der Waals surface area (Å²) in [5.74, 6) is 2.50. The molecule has 4 saturated heterocycles. The van der Waals surface area contributed by atoms with E-state index in [2.05, 4.69) is 72.9 Å². The molecule has 4 aliphatic heterocycles. The van der Waals surface area contributed by atoms with Gasteiger partial charge >= 0.3 is 5.97 Å². The van der Waals surface area contributed by atoms with Gasteiger partial charge in [0.15, 0.2) is 41.8 Å². The summed E-state index contributed by atoms with van der Waals surface area (Å²) >= 11 is 0. The maximum atomic E-state index is 11.8. The Hall–Kier alpha value is -1.22. The van der Waals surface area contributed by atoms with Crippen molar-refractivity contribution in [3.05, 3.63) is 0 Å². The van der Waals surface area contributed by atoms with E-state index in [1.807, 2.05) is 0 Å². The van der Waals surface area contributed by atoms with Gasteiger partial charge in [-0.3, -0.25) is 4.79 Å². The number of ether oxygens (including phenoxy) is 7. The second-order valence-corrected chi connectivity index (χ2v) is 27.8. The molecule has 8 unspecified atom stereocenters. The summed E-state index contributed by atoms with van der Waals surface area (Å²) < 4.78 is 52.7. The maximum Gasteiger partial charge on any atom is 0.305 e. The Morgan fingerprint density at radius 3 is 1.52 bits per heavy atom. The number of carbonyl (C=O) groups is 1. The molecule has 362 valence electrons. The van der Waals surface area contributed by atoms with Gasteiger partial charge in [0.25, 0.3) is 0 Å². The molecule has 4 fully saturated rings. The molecule has 0 bridgehead atoms. The van der Waals surface area contributed by atoms with Crippen LogP contribution in [0.25, 0.3) is 0 Å². The molecule has 4 heterocycles. The van der Waals surface area contributed by atoms with E-state index in [0.29, 0.717) is 25.2 Å². The van der Waals surface area contributed by atoms with Gasteiger partial charge in [-0.05, 0) is 64.0 Å². The van der Waals surface area contributed by atoms with Crippen LogP contribution in [0.4, 0.5) is 0 Å². The van der Waals surface area contributed by atoms with Gasteiger partial charge < -0.3 is 88.0 Å². The van der Waals surface area contributed by atoms with Gasteiger partial charge in [-0.2, -0.15) is 0 Å². The van der Waals surface area contributed by atoms with Crippen molar-refractivity contribution in [1.29, 1.82) is 0 Å². The van der Waals surface area contributed by atoms with Crippen LogP contribution in [0.15, 0.2) is 0 Å². The van der Waals surface area contributed by atoms with Gasteiger partial charge in [-0.25, -0.2) is 0 Å². The minimum atomic E-state index is -1.90. The first-order chi connectivity index (χ1) is 28.9. The highest BCUT2D eigenvalue weighted by Gasteiger charge is 2.52. The Morgan fingerprint density at radius 2 is 1.00 bits per heavy atom. The van der Waals surface area contributed by atoms with E-state index in [1.165, 1.54) is 0 Å². The lowest BCUT2D eigenvalue weighted by Gasteiger charge is -2.50. The third-order valence-electron chi connectivity index (χ3n) is 11.7. The van der Waals surface area contributed by atoms with E-state index in [-0.39, 0.29) is 55.7 Å². The maximum absolute atomic E-state index is 11.8. The predicted molar refractivity (Wildman–Crippen MR) is 225 cm³/mol. The number of rotatable bonds is 17. The summed E-state index contributed by atoms with van der Waals surface area (Å²) in [6, 6.07) is 0. The van der Waals surface area contributed by atoms with Gasteiger partial charge in [0.1, 0.15) is 61.5 Å². The first kappa shape index (κ1) is 55.1. The second kappa shape index (κ2) is 24.5. The normalized spacial score (nSPS) is 41.7. The lowest BCUT2D eigenvalue weighted by atomic mass is 9.79. The summed E-state index contributed by atoms with van der Waals surface area (Å²) in [6.07, 6.45) is -11.6. The molecule has 0 aromatic rings. The van der Waals surface area contributed by atoms with E-state index < -0.39 is 116 Å². The van der Waals surface area contributed by atoms with Crippen LogP contribution in [-0.4, -0.2) is 193 Å². The first-order valence-corrected chi connectivity index (χ1v) is 28.5. The lowest BCUT2D eigenvalue weighted by molar-refractivity contribution is -0.376. The molecule has 0 aromatic heterocycles. The molecule has 0 radical (unpaired) electrons. The third-order valence-corrected chi connectivity index (χ3v) is 13.6. The van der Waals surface area contributed by atoms with Gasteiger partial charge in [-0.15, -0.1) is 12.3 Å². The average Bonchev–Trinajstić information content (AvgIpc) is 3.21. The number of aliphatic hydroxyl groups is 9. The zero-order chi connectivity index (χ0) is 46.9. The largest absolute Gasteiger partial charge is 0.463 e. The van der Waals surface area contributed by atoms with Crippen molar-refractivity contribution in [2.75, 3.05) is 26.4 Å². The molecule has 4 aliphatic rings. The van der Waals surface area contributed by atoms with E-state index in [4.69, 9.17) is 48.4 Å². The molecular weight excluding hydrogens is 853 g/mol. The van der Waals surface area contributed by atoms with E-state index >= 15 is 0 Å². The summed E-state index contributed by atoms with van der Waals surface area (Å²) in [4.78, 5) is 11.8. The number of hydrogen-bond acceptors (Lipinski definition) is 19. The standard InChI is InChI=1S/C22H46O7Si2.C19H30O12/c1-13-14(2)17(11-23)25-21(15(13)3)27-22-16(4)19(28-30(5,6)7)20(18(12-24)26-22)29-31(8,9)10;1-2-3-4-5-6-11(21)28-8-10-13(23)15(25)17(27)19(30-10)31-18-16(26)14(24)12(22)9(7-20)29-18/h13-24H,11-12H2,1-10H3;1,9-10,12-20,22-27H,3-8H2/t13-,14-,15?,16+,17?,18?,19?,20+,21+,22+;9?,10?,12-,13-,14?,15+,16-,17?,18-,19-/m01/s1. The minimum Gasteiger partial charge on any atom is -0.463 e. The van der Waals surface area contributed by atoms with Crippen LogP contribution in [0.2, 0.25) is 39.3 Å². The summed E-state index contributed by atoms with van der Waals surface area (Å²) in [5, 5.41) is 89.1.